The van der Waals surface area contributed by atoms with Crippen molar-refractivity contribution in [1.29, 1.82) is 0 Å². The van der Waals surface area contributed by atoms with Crippen LogP contribution >= 0.6 is 0 Å². The molecule has 0 saturated heterocycles. The molecule has 0 atom stereocenters. The summed E-state index contributed by atoms with van der Waals surface area (Å²) in [6, 6.07) is 0. The number of hydrogen-bond acceptors (Lipinski definition) is 4. The Kier molecular flexibility index (Phi) is 6.87. The summed E-state index contributed by atoms with van der Waals surface area (Å²) in [5.74, 6) is 3.77. The van der Waals surface area contributed by atoms with Crippen molar-refractivity contribution < 1.29 is 18.9 Å². The van der Waals surface area contributed by atoms with Crippen molar-refractivity contribution in [2.75, 3.05) is 28.4 Å². The summed E-state index contributed by atoms with van der Waals surface area (Å²) in [6.45, 7) is 12.5. The van der Waals surface area contributed by atoms with Gasteiger partial charge in [-0.15, -0.1) is 0 Å². The molecule has 0 spiro atoms. The first-order chi connectivity index (χ1) is 13.2. The van der Waals surface area contributed by atoms with Gasteiger partial charge in [0.05, 0.1) is 28.4 Å². The maximum absolute atomic E-state index is 5.79. The van der Waals surface area contributed by atoms with Crippen LogP contribution in [-0.4, -0.2) is 28.4 Å². The van der Waals surface area contributed by atoms with Crippen molar-refractivity contribution in [3.05, 3.63) is 44.5 Å². The van der Waals surface area contributed by atoms with Gasteiger partial charge in [0.1, 0.15) is 23.0 Å². The Morgan fingerprint density at radius 2 is 0.643 bits per heavy atom. The molecule has 28 heavy (non-hydrogen) atoms. The van der Waals surface area contributed by atoms with Crippen LogP contribution in [0.3, 0.4) is 0 Å². The molecular formula is C24H34O4. The number of methoxy groups -OCH3 is 4. The highest BCUT2D eigenvalue weighted by molar-refractivity contribution is 5.60. The third-order valence-electron chi connectivity index (χ3n) is 6.06. The predicted molar refractivity (Wildman–Crippen MR) is 115 cm³/mol. The van der Waals surface area contributed by atoms with E-state index in [1.165, 1.54) is 11.1 Å². The summed E-state index contributed by atoms with van der Waals surface area (Å²) in [6.07, 6.45) is 1.66. The monoisotopic (exact) mass is 386 g/mol. The van der Waals surface area contributed by atoms with Crippen LogP contribution in [0.25, 0.3) is 0 Å². The summed E-state index contributed by atoms with van der Waals surface area (Å²) >= 11 is 0. The predicted octanol–water partition coefficient (Wildman–Crippen LogP) is 5.36. The smallest absolute Gasteiger partial charge is 0.125 e. The molecule has 0 amide bonds. The second kappa shape index (κ2) is 8.76. The van der Waals surface area contributed by atoms with E-state index in [-0.39, 0.29) is 0 Å². The fourth-order valence-corrected chi connectivity index (χ4v) is 4.33. The Morgan fingerprint density at radius 3 is 0.893 bits per heavy atom. The maximum Gasteiger partial charge on any atom is 0.125 e. The van der Waals surface area contributed by atoms with Gasteiger partial charge < -0.3 is 18.9 Å². The standard InChI is InChI=1S/C24H34O4/c1-13-15(3)23(27-9)19(17(5)21(13)25-7)11-12-20-18(6)22(26-8)14(2)16(4)24(20)28-10/h11-12H2,1-10H3. The number of benzene rings is 2. The molecule has 0 heterocycles. The van der Waals surface area contributed by atoms with Crippen LogP contribution in [0.1, 0.15) is 44.5 Å². The zero-order valence-corrected chi connectivity index (χ0v) is 19.0. The summed E-state index contributed by atoms with van der Waals surface area (Å²) < 4.78 is 23.0. The van der Waals surface area contributed by atoms with Gasteiger partial charge in [0.25, 0.3) is 0 Å². The summed E-state index contributed by atoms with van der Waals surface area (Å²) in [5.41, 5.74) is 9.14. The van der Waals surface area contributed by atoms with Crippen molar-refractivity contribution in [1.82, 2.24) is 0 Å². The molecule has 0 N–H and O–H groups in total. The molecular weight excluding hydrogens is 352 g/mol. The zero-order valence-electron chi connectivity index (χ0n) is 19.0. The minimum absolute atomic E-state index is 0.829. The van der Waals surface area contributed by atoms with Gasteiger partial charge in [-0.2, -0.15) is 0 Å². The van der Waals surface area contributed by atoms with Gasteiger partial charge in [0.15, 0.2) is 0 Å². The lowest BCUT2D eigenvalue weighted by molar-refractivity contribution is 0.387. The second-order valence-corrected chi connectivity index (χ2v) is 7.34. The van der Waals surface area contributed by atoms with Gasteiger partial charge in [-0.3, -0.25) is 0 Å². The van der Waals surface area contributed by atoms with Gasteiger partial charge in [0.2, 0.25) is 0 Å². The zero-order chi connectivity index (χ0) is 21.2. The van der Waals surface area contributed by atoms with Crippen molar-refractivity contribution in [3.8, 4) is 23.0 Å². The van der Waals surface area contributed by atoms with Gasteiger partial charge in [-0.1, -0.05) is 0 Å². The fourth-order valence-electron chi connectivity index (χ4n) is 4.33. The average molecular weight is 387 g/mol. The third kappa shape index (κ3) is 3.52. The Hall–Kier alpha value is -2.36. The first kappa shape index (κ1) is 21.9. The normalized spacial score (nSPS) is 10.8. The van der Waals surface area contributed by atoms with E-state index in [1.54, 1.807) is 28.4 Å². The molecule has 0 aromatic heterocycles. The SMILES string of the molecule is COc1c(C)c(C)c(OC)c(CCc2c(C)c(OC)c(C)c(C)c2OC)c1C. The molecule has 0 fully saturated rings. The van der Waals surface area contributed by atoms with E-state index in [0.717, 1.165) is 69.2 Å². The molecule has 4 heteroatoms. The first-order valence-electron chi connectivity index (χ1n) is 9.66. The number of hydrogen-bond donors (Lipinski definition) is 0. The lowest BCUT2D eigenvalue weighted by Gasteiger charge is -2.23. The molecule has 0 saturated carbocycles. The molecule has 0 radical (unpaired) electrons. The highest BCUT2D eigenvalue weighted by Crippen LogP contribution is 2.41. The van der Waals surface area contributed by atoms with E-state index in [4.69, 9.17) is 18.9 Å². The minimum Gasteiger partial charge on any atom is -0.496 e. The van der Waals surface area contributed by atoms with Gasteiger partial charge >= 0.3 is 0 Å². The average Bonchev–Trinajstić information content (AvgIpc) is 2.68. The highest BCUT2D eigenvalue weighted by atomic mass is 16.5. The van der Waals surface area contributed by atoms with Gasteiger partial charge in [-0.05, 0) is 87.8 Å². The van der Waals surface area contributed by atoms with Crippen molar-refractivity contribution in [3.63, 3.8) is 0 Å². The molecule has 4 nitrogen and oxygen atoms in total. The third-order valence-corrected chi connectivity index (χ3v) is 6.06. The van der Waals surface area contributed by atoms with E-state index >= 15 is 0 Å². The van der Waals surface area contributed by atoms with E-state index in [2.05, 4.69) is 41.5 Å². The van der Waals surface area contributed by atoms with Crippen molar-refractivity contribution in [2.45, 2.75) is 54.4 Å². The van der Waals surface area contributed by atoms with Crippen LogP contribution in [-0.2, 0) is 12.8 Å². The number of ether oxygens (including phenoxy) is 4. The number of rotatable bonds is 7. The quantitative estimate of drug-likeness (QED) is 0.642. The van der Waals surface area contributed by atoms with Crippen LogP contribution in [0.15, 0.2) is 0 Å². The Labute approximate surface area is 169 Å². The van der Waals surface area contributed by atoms with E-state index < -0.39 is 0 Å². The fraction of sp³-hybridized carbons (Fsp3) is 0.500. The molecule has 154 valence electrons. The lowest BCUT2D eigenvalue weighted by Crippen LogP contribution is -2.08. The molecule has 0 unspecified atom stereocenters. The Morgan fingerprint density at radius 1 is 0.393 bits per heavy atom. The van der Waals surface area contributed by atoms with Crippen molar-refractivity contribution in [2.24, 2.45) is 0 Å². The second-order valence-electron chi connectivity index (χ2n) is 7.34. The van der Waals surface area contributed by atoms with Crippen LogP contribution < -0.4 is 18.9 Å². The molecule has 2 rings (SSSR count). The summed E-state index contributed by atoms with van der Waals surface area (Å²) in [4.78, 5) is 0. The largest absolute Gasteiger partial charge is 0.496 e. The van der Waals surface area contributed by atoms with Crippen LogP contribution in [0.2, 0.25) is 0 Å². The molecule has 0 aliphatic carbocycles. The van der Waals surface area contributed by atoms with Crippen LogP contribution in [0, 0.1) is 41.5 Å². The molecule has 2 aromatic carbocycles. The topological polar surface area (TPSA) is 36.9 Å². The molecule has 0 aliphatic heterocycles. The first-order valence-corrected chi connectivity index (χ1v) is 9.66. The Balaban J connectivity index is 2.59. The summed E-state index contributed by atoms with van der Waals surface area (Å²) in [7, 11) is 6.93. The van der Waals surface area contributed by atoms with Crippen LogP contribution in [0.5, 0.6) is 23.0 Å². The lowest BCUT2D eigenvalue weighted by atomic mass is 9.90. The van der Waals surface area contributed by atoms with Crippen LogP contribution in [0.4, 0.5) is 0 Å². The minimum atomic E-state index is 0.829. The summed E-state index contributed by atoms with van der Waals surface area (Å²) in [5, 5.41) is 0. The van der Waals surface area contributed by atoms with E-state index in [1.807, 2.05) is 0 Å². The highest BCUT2D eigenvalue weighted by Gasteiger charge is 2.22. The maximum atomic E-state index is 5.79. The van der Waals surface area contributed by atoms with Crippen molar-refractivity contribution >= 4 is 0 Å². The molecule has 0 bridgehead atoms. The Bertz CT molecular complexity index is 808. The van der Waals surface area contributed by atoms with Gasteiger partial charge in [-0.25, -0.2) is 0 Å². The molecule has 0 aliphatic rings. The van der Waals surface area contributed by atoms with E-state index in [0.29, 0.717) is 0 Å². The van der Waals surface area contributed by atoms with E-state index in [9.17, 15) is 0 Å². The van der Waals surface area contributed by atoms with Gasteiger partial charge in [0, 0.05) is 11.1 Å². The molecule has 2 aromatic rings.